The van der Waals surface area contributed by atoms with Gasteiger partial charge in [-0.2, -0.15) is 0 Å². The van der Waals surface area contributed by atoms with Gasteiger partial charge in [0.2, 0.25) is 0 Å². The van der Waals surface area contributed by atoms with Crippen LogP contribution in [0.4, 0.5) is 0 Å². The third-order valence-electron chi connectivity index (χ3n) is 1.49. The van der Waals surface area contributed by atoms with E-state index in [9.17, 15) is 0 Å². The zero-order chi connectivity index (χ0) is 7.61. The molecule has 0 unspecified atom stereocenters. The van der Waals surface area contributed by atoms with Crippen LogP contribution in [0.15, 0.2) is 18.3 Å². The predicted molar refractivity (Wildman–Crippen MR) is 41.8 cm³/mol. The highest BCUT2D eigenvalue weighted by molar-refractivity contribution is 5.18. The normalized spacial score (nSPS) is 11.5. The molecule has 0 fully saturated rings. The van der Waals surface area contributed by atoms with Crippen molar-refractivity contribution < 1.29 is 0 Å². The summed E-state index contributed by atoms with van der Waals surface area (Å²) in [6.07, 6.45) is 4.60. The number of hydrogen-bond donors (Lipinski definition) is 0. The number of aromatic nitrogens is 1. The molecular formula is C9H12N. The van der Waals surface area contributed by atoms with Crippen molar-refractivity contribution in [1.29, 1.82) is 0 Å². The fourth-order valence-corrected chi connectivity index (χ4v) is 0.782. The van der Waals surface area contributed by atoms with E-state index in [0.29, 0.717) is 0 Å². The second-order valence-corrected chi connectivity index (χ2v) is 3.42. The summed E-state index contributed by atoms with van der Waals surface area (Å²) in [7, 11) is 0. The van der Waals surface area contributed by atoms with Crippen LogP contribution >= 0.6 is 0 Å². The Morgan fingerprint density at radius 1 is 1.40 bits per heavy atom. The van der Waals surface area contributed by atoms with Gasteiger partial charge in [-0.1, -0.05) is 20.8 Å². The zero-order valence-electron chi connectivity index (χ0n) is 6.68. The smallest absolute Gasteiger partial charge is 0.0889 e. The Labute approximate surface area is 62.1 Å². The van der Waals surface area contributed by atoms with Gasteiger partial charge in [-0.15, -0.1) is 0 Å². The van der Waals surface area contributed by atoms with E-state index in [1.54, 1.807) is 6.20 Å². The quantitative estimate of drug-likeness (QED) is 0.530. The molecule has 1 aromatic heterocycles. The molecule has 1 aromatic rings. The van der Waals surface area contributed by atoms with Gasteiger partial charge in [-0.25, -0.2) is 0 Å². The van der Waals surface area contributed by atoms with Gasteiger partial charge in [-0.05, 0) is 23.1 Å². The Kier molecular flexibility index (Phi) is 1.75. The average molecular weight is 134 g/mol. The molecule has 0 saturated carbocycles. The maximum absolute atomic E-state index is 3.83. The molecule has 10 heavy (non-hydrogen) atoms. The first kappa shape index (κ1) is 7.26. The van der Waals surface area contributed by atoms with E-state index in [1.807, 2.05) is 12.1 Å². The summed E-state index contributed by atoms with van der Waals surface area (Å²) < 4.78 is 0. The van der Waals surface area contributed by atoms with Gasteiger partial charge >= 0.3 is 0 Å². The van der Waals surface area contributed by atoms with Crippen molar-refractivity contribution in [3.63, 3.8) is 0 Å². The summed E-state index contributed by atoms with van der Waals surface area (Å²) in [5, 5.41) is 0. The first-order valence-corrected chi connectivity index (χ1v) is 3.43. The molecule has 0 amide bonds. The number of nitrogens with zero attached hydrogens (tertiary/aromatic N) is 1. The lowest BCUT2D eigenvalue weighted by Crippen LogP contribution is -2.10. The van der Waals surface area contributed by atoms with E-state index >= 15 is 0 Å². The first-order valence-electron chi connectivity index (χ1n) is 3.43. The van der Waals surface area contributed by atoms with Crippen LogP contribution in [-0.4, -0.2) is 4.98 Å². The Morgan fingerprint density at radius 2 is 2.10 bits per heavy atom. The van der Waals surface area contributed by atoms with Gasteiger partial charge in [0.1, 0.15) is 0 Å². The molecule has 53 valence electrons. The van der Waals surface area contributed by atoms with E-state index in [-0.39, 0.29) is 5.41 Å². The lowest BCUT2D eigenvalue weighted by molar-refractivity contribution is 0.589. The highest BCUT2D eigenvalue weighted by atomic mass is 14.6. The van der Waals surface area contributed by atoms with Crippen molar-refractivity contribution in [2.45, 2.75) is 26.2 Å². The third-order valence-corrected chi connectivity index (χ3v) is 1.49. The molecule has 0 spiro atoms. The zero-order valence-corrected chi connectivity index (χ0v) is 6.68. The van der Waals surface area contributed by atoms with Crippen molar-refractivity contribution >= 4 is 0 Å². The Hall–Kier alpha value is -0.850. The van der Waals surface area contributed by atoms with Crippen LogP contribution in [0, 0.1) is 6.20 Å². The minimum absolute atomic E-state index is 0.222. The van der Waals surface area contributed by atoms with Gasteiger partial charge in [0.05, 0.1) is 6.20 Å². The van der Waals surface area contributed by atoms with Crippen molar-refractivity contribution in [1.82, 2.24) is 4.98 Å². The topological polar surface area (TPSA) is 12.9 Å². The van der Waals surface area contributed by atoms with Crippen molar-refractivity contribution in [2.75, 3.05) is 0 Å². The van der Waals surface area contributed by atoms with Gasteiger partial charge in [0, 0.05) is 6.20 Å². The molecule has 0 atom stereocenters. The Bertz CT molecular complexity index is 196. The van der Waals surface area contributed by atoms with Gasteiger partial charge in [0.25, 0.3) is 0 Å². The van der Waals surface area contributed by atoms with Gasteiger partial charge in [0.15, 0.2) is 0 Å². The van der Waals surface area contributed by atoms with E-state index in [4.69, 9.17) is 0 Å². The highest BCUT2D eigenvalue weighted by Crippen LogP contribution is 2.19. The summed E-state index contributed by atoms with van der Waals surface area (Å²) in [5.41, 5.74) is 1.50. The lowest BCUT2D eigenvalue weighted by Gasteiger charge is -2.17. The third kappa shape index (κ3) is 1.56. The number of hydrogen-bond acceptors (Lipinski definition) is 1. The molecule has 1 nitrogen and oxygen atoms in total. The maximum Gasteiger partial charge on any atom is 0.0889 e. The van der Waals surface area contributed by atoms with Crippen LogP contribution in [0.3, 0.4) is 0 Å². The van der Waals surface area contributed by atoms with Crippen LogP contribution < -0.4 is 0 Å². The lowest BCUT2D eigenvalue weighted by atomic mass is 9.88. The summed E-state index contributed by atoms with van der Waals surface area (Å²) in [4.78, 5) is 3.83. The van der Waals surface area contributed by atoms with E-state index in [0.717, 1.165) is 0 Å². The second kappa shape index (κ2) is 2.41. The molecule has 1 heteroatoms. The molecule has 0 N–H and O–H groups in total. The largest absolute Gasteiger partial charge is 0.255 e. The second-order valence-electron chi connectivity index (χ2n) is 3.42. The predicted octanol–water partition coefficient (Wildman–Crippen LogP) is 2.18. The van der Waals surface area contributed by atoms with E-state index < -0.39 is 0 Å². The van der Waals surface area contributed by atoms with Crippen molar-refractivity contribution in [3.8, 4) is 0 Å². The van der Waals surface area contributed by atoms with Gasteiger partial charge in [-0.3, -0.25) is 4.98 Å². The molecule has 1 heterocycles. The van der Waals surface area contributed by atoms with Crippen LogP contribution in [0.5, 0.6) is 0 Å². The monoisotopic (exact) mass is 134 g/mol. The molecule has 1 radical (unpaired) electrons. The van der Waals surface area contributed by atoms with E-state index in [2.05, 4.69) is 32.0 Å². The van der Waals surface area contributed by atoms with Gasteiger partial charge < -0.3 is 0 Å². The first-order chi connectivity index (χ1) is 4.61. The average Bonchev–Trinajstić information content (AvgIpc) is 1.88. The minimum atomic E-state index is 0.222. The van der Waals surface area contributed by atoms with Crippen LogP contribution in [0.25, 0.3) is 0 Å². The molecule has 0 saturated heterocycles. The molecule has 0 aromatic carbocycles. The van der Waals surface area contributed by atoms with E-state index in [1.165, 1.54) is 5.56 Å². The Morgan fingerprint density at radius 3 is 2.40 bits per heavy atom. The molecule has 0 aliphatic heterocycles. The van der Waals surface area contributed by atoms with Crippen LogP contribution in [0.1, 0.15) is 26.3 Å². The SMILES string of the molecule is CC(C)(C)c1c[c]ncc1. The van der Waals surface area contributed by atoms with Crippen molar-refractivity contribution in [2.24, 2.45) is 0 Å². The summed E-state index contributed by atoms with van der Waals surface area (Å²) in [5.74, 6) is 0. The maximum atomic E-state index is 3.83. The summed E-state index contributed by atoms with van der Waals surface area (Å²) in [6, 6.07) is 3.95. The number of pyridine rings is 1. The fraction of sp³-hybridized carbons (Fsp3) is 0.444. The summed E-state index contributed by atoms with van der Waals surface area (Å²) >= 11 is 0. The molecule has 0 aliphatic carbocycles. The number of rotatable bonds is 0. The highest BCUT2D eigenvalue weighted by Gasteiger charge is 2.11. The molecule has 1 rings (SSSR count). The van der Waals surface area contributed by atoms with Crippen molar-refractivity contribution in [3.05, 3.63) is 30.1 Å². The molecule has 0 aliphatic rings. The fourth-order valence-electron chi connectivity index (χ4n) is 0.782. The summed E-state index contributed by atoms with van der Waals surface area (Å²) in [6.45, 7) is 6.53. The van der Waals surface area contributed by atoms with Crippen LogP contribution in [-0.2, 0) is 5.41 Å². The molecule has 0 bridgehead atoms. The standard InChI is InChI=1S/C9H12N/c1-9(2,3)8-4-6-10-7-5-8/h4-6H,1-3H3. The van der Waals surface area contributed by atoms with Crippen LogP contribution in [0.2, 0.25) is 0 Å². The molecular weight excluding hydrogens is 122 g/mol. The Balaban J connectivity index is 2.97. The minimum Gasteiger partial charge on any atom is -0.255 e.